The summed E-state index contributed by atoms with van der Waals surface area (Å²) in [5.41, 5.74) is 5.59. The van der Waals surface area contributed by atoms with E-state index in [4.69, 9.17) is 0 Å². The van der Waals surface area contributed by atoms with Crippen LogP contribution in [0.25, 0.3) is 0 Å². The molecule has 0 amide bonds. The molecule has 4 aromatic rings. The van der Waals surface area contributed by atoms with Crippen LogP contribution < -0.4 is 0 Å². The van der Waals surface area contributed by atoms with Crippen molar-refractivity contribution in [3.05, 3.63) is 131 Å². The Morgan fingerprint density at radius 2 is 1.39 bits per heavy atom. The van der Waals surface area contributed by atoms with Crippen LogP contribution in [0, 0.1) is 5.82 Å². The van der Waals surface area contributed by atoms with Gasteiger partial charge in [0.2, 0.25) is 0 Å². The molecule has 4 rings (SSSR count). The van der Waals surface area contributed by atoms with Crippen LogP contribution in [0.5, 0.6) is 0 Å². The first-order valence-corrected chi connectivity index (χ1v) is 9.40. The molecule has 0 saturated carbocycles. The van der Waals surface area contributed by atoms with Crippen molar-refractivity contribution in [2.24, 2.45) is 0 Å². The quantitative estimate of drug-likeness (QED) is 0.444. The molecule has 0 aliphatic heterocycles. The van der Waals surface area contributed by atoms with E-state index in [1.165, 1.54) is 5.56 Å². The highest BCUT2D eigenvalue weighted by Gasteiger charge is 2.18. The van der Waals surface area contributed by atoms with Gasteiger partial charge in [-0.2, -0.15) is 0 Å². The maximum atomic E-state index is 14.0. The van der Waals surface area contributed by atoms with E-state index < -0.39 is 0 Å². The lowest BCUT2D eigenvalue weighted by molar-refractivity contribution is 0.624. The molecule has 2 nitrogen and oxygen atoms in total. The second kappa shape index (κ2) is 8.57. The SMILES string of the molecule is Fc1ccc(CC(c2cccnc2)c2cccnc2)c(Cc2ccccc2)c1. The molecule has 0 atom stereocenters. The van der Waals surface area contributed by atoms with Crippen LogP contribution in [-0.2, 0) is 12.8 Å². The lowest BCUT2D eigenvalue weighted by atomic mass is 9.85. The Bertz CT molecular complexity index is 979. The van der Waals surface area contributed by atoms with Crippen LogP contribution in [0.2, 0.25) is 0 Å². The fourth-order valence-electron chi connectivity index (χ4n) is 3.59. The molecule has 28 heavy (non-hydrogen) atoms. The Labute approximate surface area is 164 Å². The van der Waals surface area contributed by atoms with Crippen LogP contribution in [0.4, 0.5) is 4.39 Å². The minimum atomic E-state index is -0.200. The highest BCUT2D eigenvalue weighted by molar-refractivity contribution is 5.38. The van der Waals surface area contributed by atoms with Crippen molar-refractivity contribution in [2.45, 2.75) is 18.8 Å². The maximum Gasteiger partial charge on any atom is 0.123 e. The summed E-state index contributed by atoms with van der Waals surface area (Å²) in [5, 5.41) is 0. The van der Waals surface area contributed by atoms with Gasteiger partial charge in [-0.1, -0.05) is 48.5 Å². The number of benzene rings is 2. The number of hydrogen-bond acceptors (Lipinski definition) is 2. The Kier molecular flexibility index (Phi) is 5.53. The molecular formula is C25H21FN2. The van der Waals surface area contributed by atoms with E-state index in [0.717, 1.165) is 28.7 Å². The van der Waals surface area contributed by atoms with Gasteiger partial charge in [-0.3, -0.25) is 9.97 Å². The fourth-order valence-corrected chi connectivity index (χ4v) is 3.59. The van der Waals surface area contributed by atoms with E-state index in [2.05, 4.69) is 34.2 Å². The van der Waals surface area contributed by atoms with E-state index >= 15 is 0 Å². The van der Waals surface area contributed by atoms with Crippen molar-refractivity contribution in [1.29, 1.82) is 0 Å². The van der Waals surface area contributed by atoms with Gasteiger partial charge in [-0.25, -0.2) is 4.39 Å². The predicted molar refractivity (Wildman–Crippen MR) is 110 cm³/mol. The third-order valence-electron chi connectivity index (χ3n) is 5.00. The van der Waals surface area contributed by atoms with E-state index in [1.807, 2.05) is 48.8 Å². The second-order valence-electron chi connectivity index (χ2n) is 6.90. The standard InChI is InChI=1S/C25H21FN2/c26-24-11-10-20(23(15-24)14-19-6-2-1-3-7-19)16-25(21-8-4-12-27-17-21)22-9-5-13-28-18-22/h1-13,15,17-18,25H,14,16H2. The zero-order valence-corrected chi connectivity index (χ0v) is 15.5. The zero-order valence-electron chi connectivity index (χ0n) is 15.5. The number of pyridine rings is 2. The summed E-state index contributed by atoms with van der Waals surface area (Å²) in [6, 6.07) is 23.4. The molecule has 0 fully saturated rings. The van der Waals surface area contributed by atoms with Crippen LogP contribution >= 0.6 is 0 Å². The molecule has 2 aromatic heterocycles. The number of aromatic nitrogens is 2. The van der Waals surface area contributed by atoms with Gasteiger partial charge < -0.3 is 0 Å². The molecule has 3 heteroatoms. The average Bonchev–Trinajstić information content (AvgIpc) is 2.75. The van der Waals surface area contributed by atoms with Crippen molar-refractivity contribution >= 4 is 0 Å². The van der Waals surface area contributed by atoms with Gasteiger partial charge in [0.15, 0.2) is 0 Å². The highest BCUT2D eigenvalue weighted by Crippen LogP contribution is 2.30. The molecule has 2 heterocycles. The minimum Gasteiger partial charge on any atom is -0.264 e. The van der Waals surface area contributed by atoms with Gasteiger partial charge >= 0.3 is 0 Å². The number of hydrogen-bond donors (Lipinski definition) is 0. The van der Waals surface area contributed by atoms with Crippen molar-refractivity contribution in [1.82, 2.24) is 9.97 Å². The first-order chi connectivity index (χ1) is 13.8. The molecule has 0 bridgehead atoms. The van der Waals surface area contributed by atoms with E-state index in [1.54, 1.807) is 24.5 Å². The molecule has 0 saturated heterocycles. The van der Waals surface area contributed by atoms with E-state index in [9.17, 15) is 4.39 Å². The van der Waals surface area contributed by atoms with Crippen molar-refractivity contribution < 1.29 is 4.39 Å². The summed E-state index contributed by atoms with van der Waals surface area (Å²) in [4.78, 5) is 8.59. The summed E-state index contributed by atoms with van der Waals surface area (Å²) in [5.74, 6) is -0.0867. The molecule has 0 spiro atoms. The molecule has 0 unspecified atom stereocenters. The lowest BCUT2D eigenvalue weighted by Gasteiger charge is -2.20. The maximum absolute atomic E-state index is 14.0. The second-order valence-corrected chi connectivity index (χ2v) is 6.90. The summed E-state index contributed by atoms with van der Waals surface area (Å²) in [6.45, 7) is 0. The average molecular weight is 368 g/mol. The van der Waals surface area contributed by atoms with Gasteiger partial charge in [0.1, 0.15) is 5.82 Å². The molecule has 2 aromatic carbocycles. The summed E-state index contributed by atoms with van der Waals surface area (Å²) < 4.78 is 14.0. The number of rotatable bonds is 6. The Balaban J connectivity index is 1.71. The largest absolute Gasteiger partial charge is 0.264 e. The van der Waals surface area contributed by atoms with Crippen LogP contribution in [0.3, 0.4) is 0 Å². The third kappa shape index (κ3) is 4.32. The molecule has 0 radical (unpaired) electrons. The van der Waals surface area contributed by atoms with Gasteiger partial charge in [0.05, 0.1) is 0 Å². The van der Waals surface area contributed by atoms with Gasteiger partial charge in [0, 0.05) is 30.7 Å². The molecule has 0 aliphatic rings. The van der Waals surface area contributed by atoms with Gasteiger partial charge in [-0.15, -0.1) is 0 Å². The number of halogens is 1. The number of nitrogens with zero attached hydrogens (tertiary/aromatic N) is 2. The van der Waals surface area contributed by atoms with E-state index in [0.29, 0.717) is 6.42 Å². The van der Waals surface area contributed by atoms with Crippen LogP contribution in [0.15, 0.2) is 97.6 Å². The monoisotopic (exact) mass is 368 g/mol. The summed E-state index contributed by atoms with van der Waals surface area (Å²) in [6.07, 6.45) is 8.84. The first kappa shape index (κ1) is 18.1. The Morgan fingerprint density at radius 1 is 0.714 bits per heavy atom. The van der Waals surface area contributed by atoms with Gasteiger partial charge in [-0.05, 0) is 64.9 Å². The van der Waals surface area contributed by atoms with Gasteiger partial charge in [0.25, 0.3) is 0 Å². The van der Waals surface area contributed by atoms with Crippen molar-refractivity contribution in [2.75, 3.05) is 0 Å². The minimum absolute atomic E-state index is 0.113. The van der Waals surface area contributed by atoms with Crippen molar-refractivity contribution in [3.63, 3.8) is 0 Å². The smallest absolute Gasteiger partial charge is 0.123 e. The normalized spacial score (nSPS) is 10.9. The lowest BCUT2D eigenvalue weighted by Crippen LogP contribution is -2.08. The molecule has 138 valence electrons. The van der Waals surface area contributed by atoms with Crippen molar-refractivity contribution in [3.8, 4) is 0 Å². The van der Waals surface area contributed by atoms with Crippen LogP contribution in [-0.4, -0.2) is 9.97 Å². The van der Waals surface area contributed by atoms with E-state index in [-0.39, 0.29) is 11.7 Å². The summed E-state index contributed by atoms with van der Waals surface area (Å²) in [7, 11) is 0. The first-order valence-electron chi connectivity index (χ1n) is 9.40. The Hall–Kier alpha value is -3.33. The highest BCUT2D eigenvalue weighted by atomic mass is 19.1. The molecular weight excluding hydrogens is 347 g/mol. The fraction of sp³-hybridized carbons (Fsp3) is 0.120. The topological polar surface area (TPSA) is 25.8 Å². The predicted octanol–water partition coefficient (Wildman–Crippen LogP) is 5.58. The van der Waals surface area contributed by atoms with Crippen LogP contribution in [0.1, 0.15) is 33.7 Å². The molecule has 0 N–H and O–H groups in total. The Morgan fingerprint density at radius 3 is 2.00 bits per heavy atom. The third-order valence-corrected chi connectivity index (χ3v) is 5.00. The summed E-state index contributed by atoms with van der Waals surface area (Å²) >= 11 is 0. The molecule has 0 aliphatic carbocycles. The zero-order chi connectivity index (χ0) is 19.2.